The molecule has 2 nitrogen and oxygen atoms in total. The standard InChI is InChI=1S/C17H19BrFNO/c1-10(2)14-9-12(18)7-8-16(14)21-17-13(11(3)20)5-4-6-15(17)19/h4-11H,20H2,1-3H3/t11-/m0/s1. The molecule has 1 atom stereocenters. The van der Waals surface area contributed by atoms with Crippen molar-refractivity contribution < 1.29 is 9.13 Å². The van der Waals surface area contributed by atoms with Gasteiger partial charge in [0.05, 0.1) is 0 Å². The van der Waals surface area contributed by atoms with Gasteiger partial charge < -0.3 is 10.5 Å². The lowest BCUT2D eigenvalue weighted by atomic mass is 10.0. The highest BCUT2D eigenvalue weighted by Gasteiger charge is 2.16. The second-order valence-electron chi connectivity index (χ2n) is 5.39. The van der Waals surface area contributed by atoms with E-state index in [9.17, 15) is 4.39 Å². The predicted octanol–water partition coefficient (Wildman–Crippen LogP) is 5.52. The Labute approximate surface area is 133 Å². The summed E-state index contributed by atoms with van der Waals surface area (Å²) in [7, 11) is 0. The molecule has 0 aliphatic rings. The Balaban J connectivity index is 2.48. The minimum atomic E-state index is -0.401. The molecule has 0 unspecified atom stereocenters. The molecule has 0 aromatic heterocycles. The summed E-state index contributed by atoms with van der Waals surface area (Å²) in [5, 5.41) is 0. The molecule has 0 spiro atoms. The highest BCUT2D eigenvalue weighted by Crippen LogP contribution is 2.36. The largest absolute Gasteiger partial charge is 0.454 e. The van der Waals surface area contributed by atoms with Crippen LogP contribution in [0.3, 0.4) is 0 Å². The first kappa shape index (κ1) is 16.0. The molecule has 0 bridgehead atoms. The second kappa shape index (κ2) is 6.58. The van der Waals surface area contributed by atoms with Gasteiger partial charge in [0.15, 0.2) is 11.6 Å². The molecule has 0 aliphatic carbocycles. The lowest BCUT2D eigenvalue weighted by molar-refractivity contribution is 0.426. The van der Waals surface area contributed by atoms with Gasteiger partial charge in [-0.3, -0.25) is 0 Å². The molecule has 2 aromatic carbocycles. The van der Waals surface area contributed by atoms with Crippen molar-refractivity contribution in [3.05, 3.63) is 57.8 Å². The summed E-state index contributed by atoms with van der Waals surface area (Å²) in [5.74, 6) is 0.724. The van der Waals surface area contributed by atoms with E-state index in [0.717, 1.165) is 10.0 Å². The number of nitrogens with two attached hydrogens (primary N) is 1. The predicted molar refractivity (Wildman–Crippen MR) is 87.3 cm³/mol. The SMILES string of the molecule is CC(C)c1cc(Br)ccc1Oc1c(F)cccc1[C@H](C)N. The van der Waals surface area contributed by atoms with Gasteiger partial charge in [-0.15, -0.1) is 0 Å². The zero-order valence-electron chi connectivity index (χ0n) is 12.4. The molecule has 2 rings (SSSR count). The molecule has 0 fully saturated rings. The third-order valence-corrected chi connectivity index (χ3v) is 3.79. The number of halogens is 2. The Morgan fingerprint density at radius 1 is 1.10 bits per heavy atom. The van der Waals surface area contributed by atoms with Gasteiger partial charge in [-0.1, -0.05) is 41.9 Å². The topological polar surface area (TPSA) is 35.2 Å². The maximum atomic E-state index is 14.1. The molecule has 112 valence electrons. The fraction of sp³-hybridized carbons (Fsp3) is 0.294. The molecule has 21 heavy (non-hydrogen) atoms. The Morgan fingerprint density at radius 3 is 2.43 bits per heavy atom. The van der Waals surface area contributed by atoms with Crippen LogP contribution in [-0.2, 0) is 0 Å². The van der Waals surface area contributed by atoms with Crippen LogP contribution in [0.5, 0.6) is 11.5 Å². The average molecular weight is 352 g/mol. The molecular formula is C17H19BrFNO. The molecule has 0 aliphatic heterocycles. The van der Waals surface area contributed by atoms with Crippen molar-refractivity contribution in [2.75, 3.05) is 0 Å². The van der Waals surface area contributed by atoms with Gasteiger partial charge in [-0.05, 0) is 42.7 Å². The van der Waals surface area contributed by atoms with Crippen molar-refractivity contribution in [3.63, 3.8) is 0 Å². The lowest BCUT2D eigenvalue weighted by Crippen LogP contribution is -2.08. The summed E-state index contributed by atoms with van der Waals surface area (Å²) in [6, 6.07) is 10.2. The molecule has 0 saturated heterocycles. The molecule has 0 radical (unpaired) electrons. The first-order valence-corrected chi connectivity index (χ1v) is 7.70. The summed E-state index contributed by atoms with van der Waals surface area (Å²) < 4.78 is 21.0. The first-order chi connectivity index (χ1) is 9.90. The Morgan fingerprint density at radius 2 is 1.81 bits per heavy atom. The van der Waals surface area contributed by atoms with E-state index in [1.54, 1.807) is 12.1 Å². The number of hydrogen-bond donors (Lipinski definition) is 1. The zero-order chi connectivity index (χ0) is 15.6. The number of rotatable bonds is 4. The van der Waals surface area contributed by atoms with E-state index >= 15 is 0 Å². The van der Waals surface area contributed by atoms with Crippen LogP contribution < -0.4 is 10.5 Å². The summed E-state index contributed by atoms with van der Waals surface area (Å²) in [6.45, 7) is 5.96. The Bertz CT molecular complexity index is 641. The Kier molecular flexibility index (Phi) is 5.01. The molecule has 4 heteroatoms. The maximum Gasteiger partial charge on any atom is 0.167 e. The van der Waals surface area contributed by atoms with Gasteiger partial charge in [0.1, 0.15) is 5.75 Å². The summed E-state index contributed by atoms with van der Waals surface area (Å²) in [5.41, 5.74) is 7.58. The highest BCUT2D eigenvalue weighted by atomic mass is 79.9. The quantitative estimate of drug-likeness (QED) is 0.786. The smallest absolute Gasteiger partial charge is 0.167 e. The van der Waals surface area contributed by atoms with Crippen LogP contribution in [0.2, 0.25) is 0 Å². The van der Waals surface area contributed by atoms with Crippen LogP contribution in [0.15, 0.2) is 40.9 Å². The van der Waals surface area contributed by atoms with Crippen molar-refractivity contribution in [1.29, 1.82) is 0 Å². The molecule has 2 aromatic rings. The molecule has 0 amide bonds. The third kappa shape index (κ3) is 3.63. The molecule has 2 N–H and O–H groups in total. The fourth-order valence-corrected chi connectivity index (χ4v) is 2.54. The van der Waals surface area contributed by atoms with E-state index in [4.69, 9.17) is 10.5 Å². The number of benzene rings is 2. The van der Waals surface area contributed by atoms with Crippen molar-refractivity contribution in [3.8, 4) is 11.5 Å². The zero-order valence-corrected chi connectivity index (χ0v) is 13.9. The molecular weight excluding hydrogens is 333 g/mol. The van der Waals surface area contributed by atoms with E-state index in [1.165, 1.54) is 6.07 Å². The lowest BCUT2D eigenvalue weighted by Gasteiger charge is -2.18. The number of ether oxygens (including phenoxy) is 1. The van der Waals surface area contributed by atoms with Gasteiger partial charge in [0, 0.05) is 16.1 Å². The van der Waals surface area contributed by atoms with Gasteiger partial charge >= 0.3 is 0 Å². The fourth-order valence-electron chi connectivity index (χ4n) is 2.17. The average Bonchev–Trinajstić information content (AvgIpc) is 2.42. The number of para-hydroxylation sites is 1. The van der Waals surface area contributed by atoms with E-state index in [0.29, 0.717) is 11.3 Å². The second-order valence-corrected chi connectivity index (χ2v) is 6.30. The number of hydrogen-bond acceptors (Lipinski definition) is 2. The monoisotopic (exact) mass is 351 g/mol. The summed E-state index contributed by atoms with van der Waals surface area (Å²) >= 11 is 3.45. The van der Waals surface area contributed by atoms with Gasteiger partial charge in [-0.2, -0.15) is 0 Å². The summed E-state index contributed by atoms with van der Waals surface area (Å²) in [4.78, 5) is 0. The van der Waals surface area contributed by atoms with Crippen LogP contribution in [-0.4, -0.2) is 0 Å². The van der Waals surface area contributed by atoms with Crippen molar-refractivity contribution in [2.45, 2.75) is 32.7 Å². The van der Waals surface area contributed by atoms with Crippen molar-refractivity contribution >= 4 is 15.9 Å². The maximum absolute atomic E-state index is 14.1. The van der Waals surface area contributed by atoms with Crippen molar-refractivity contribution in [2.24, 2.45) is 5.73 Å². The van der Waals surface area contributed by atoms with Crippen LogP contribution in [0.1, 0.15) is 43.9 Å². The van der Waals surface area contributed by atoms with Crippen LogP contribution in [0.4, 0.5) is 4.39 Å². The normalized spacial score (nSPS) is 12.5. The minimum absolute atomic E-state index is 0.205. The summed E-state index contributed by atoms with van der Waals surface area (Å²) in [6.07, 6.45) is 0. The van der Waals surface area contributed by atoms with Crippen LogP contribution in [0.25, 0.3) is 0 Å². The van der Waals surface area contributed by atoms with Gasteiger partial charge in [-0.25, -0.2) is 4.39 Å². The van der Waals surface area contributed by atoms with E-state index < -0.39 is 5.82 Å². The van der Waals surface area contributed by atoms with E-state index in [-0.39, 0.29) is 17.7 Å². The van der Waals surface area contributed by atoms with E-state index in [1.807, 2.05) is 25.1 Å². The van der Waals surface area contributed by atoms with Gasteiger partial charge in [0.2, 0.25) is 0 Å². The minimum Gasteiger partial charge on any atom is -0.454 e. The van der Waals surface area contributed by atoms with Crippen molar-refractivity contribution in [1.82, 2.24) is 0 Å². The first-order valence-electron chi connectivity index (χ1n) is 6.91. The Hall–Kier alpha value is -1.39. The van der Waals surface area contributed by atoms with E-state index in [2.05, 4.69) is 29.8 Å². The van der Waals surface area contributed by atoms with Gasteiger partial charge in [0.25, 0.3) is 0 Å². The highest BCUT2D eigenvalue weighted by molar-refractivity contribution is 9.10. The molecule has 0 heterocycles. The van der Waals surface area contributed by atoms with Crippen LogP contribution >= 0.6 is 15.9 Å². The van der Waals surface area contributed by atoms with Crippen LogP contribution in [0, 0.1) is 5.82 Å². The third-order valence-electron chi connectivity index (χ3n) is 3.29. The molecule has 0 saturated carbocycles.